The minimum atomic E-state index is -4.66. The zero-order valence-electron chi connectivity index (χ0n) is 21.3. The highest BCUT2D eigenvalue weighted by molar-refractivity contribution is 6.19. The lowest BCUT2D eigenvalue weighted by atomic mass is 10.0. The third-order valence-electron chi connectivity index (χ3n) is 6.27. The van der Waals surface area contributed by atoms with Crippen molar-refractivity contribution in [2.24, 2.45) is 15.7 Å². The van der Waals surface area contributed by atoms with Gasteiger partial charge in [0.05, 0.1) is 35.9 Å². The van der Waals surface area contributed by atoms with Crippen molar-refractivity contribution in [3.63, 3.8) is 0 Å². The summed E-state index contributed by atoms with van der Waals surface area (Å²) >= 11 is 0. The van der Waals surface area contributed by atoms with Crippen LogP contribution in [-0.2, 0) is 20.4 Å². The Kier molecular flexibility index (Phi) is 7.66. The van der Waals surface area contributed by atoms with Crippen molar-refractivity contribution >= 4 is 34.9 Å². The number of nitrogens with one attached hydrogen (secondary N) is 2. The summed E-state index contributed by atoms with van der Waals surface area (Å²) in [5, 5.41) is 10.9. The first-order chi connectivity index (χ1) is 19.6. The van der Waals surface area contributed by atoms with Gasteiger partial charge in [-0.2, -0.15) is 18.2 Å². The normalized spacial score (nSPS) is 17.7. The molecule has 1 fully saturated rings. The Bertz CT molecular complexity index is 1540. The number of nitrogens with zero attached hydrogens (tertiary/aromatic N) is 4. The molecule has 0 spiro atoms. The van der Waals surface area contributed by atoms with E-state index >= 15 is 0 Å². The summed E-state index contributed by atoms with van der Waals surface area (Å²) in [6.07, 6.45) is -5.61. The van der Waals surface area contributed by atoms with Crippen LogP contribution in [0, 0.1) is 11.2 Å². The van der Waals surface area contributed by atoms with E-state index in [2.05, 4.69) is 20.3 Å². The van der Waals surface area contributed by atoms with Crippen molar-refractivity contribution in [3.8, 4) is 0 Å². The number of rotatable bonds is 4. The average Bonchev–Trinajstić information content (AvgIpc) is 3.10. The first-order valence-corrected chi connectivity index (χ1v) is 12.3. The Morgan fingerprint density at radius 3 is 2.59 bits per heavy atom. The van der Waals surface area contributed by atoms with Crippen molar-refractivity contribution in [1.29, 1.82) is 5.41 Å². The van der Waals surface area contributed by atoms with Gasteiger partial charge in [0, 0.05) is 30.4 Å². The molecule has 2 aromatic carbocycles. The summed E-state index contributed by atoms with van der Waals surface area (Å²) in [7, 11) is 0. The standard InChI is InChI=1S/C27H23F4N7O3/c28-18-8-4-7-17-20(15-5-2-1-3-6-15)35-24(25(39)36-21(17)18)37-26(33)41-23(32)22-19(38-9-11-40-12-10-38)13-16(14-34-22)27(29,30)31/h1-8,13-14,24,32H,9-12H2,(H2,33,37)(H,36,39)/t24-/m0/s1. The maximum absolute atomic E-state index is 14.7. The van der Waals surface area contributed by atoms with Gasteiger partial charge in [-0.3, -0.25) is 10.2 Å². The fourth-order valence-corrected chi connectivity index (χ4v) is 4.33. The highest BCUT2D eigenvalue weighted by atomic mass is 19.4. The van der Waals surface area contributed by atoms with E-state index in [1.165, 1.54) is 12.1 Å². The van der Waals surface area contributed by atoms with Gasteiger partial charge in [-0.05, 0) is 12.1 Å². The van der Waals surface area contributed by atoms with E-state index in [0.717, 1.165) is 6.07 Å². The third kappa shape index (κ3) is 6.01. The van der Waals surface area contributed by atoms with Gasteiger partial charge in [0.2, 0.25) is 12.1 Å². The van der Waals surface area contributed by atoms with Crippen LogP contribution >= 0.6 is 0 Å². The molecular formula is C27H23F4N7O3. The first-order valence-electron chi connectivity index (χ1n) is 12.3. The number of nitrogens with two attached hydrogens (primary N) is 1. The number of amidine groups is 1. The number of hydrogen-bond acceptors (Lipinski definition) is 8. The van der Waals surface area contributed by atoms with Crippen molar-refractivity contribution in [2.75, 3.05) is 36.5 Å². The molecule has 4 N–H and O–H groups in total. The Hall–Kier alpha value is -4.85. The second-order valence-corrected chi connectivity index (χ2v) is 8.96. The van der Waals surface area contributed by atoms with E-state index in [0.29, 0.717) is 17.3 Å². The monoisotopic (exact) mass is 569 g/mol. The van der Waals surface area contributed by atoms with Crippen LogP contribution < -0.4 is 16.0 Å². The van der Waals surface area contributed by atoms with Crippen molar-refractivity contribution in [1.82, 2.24) is 4.98 Å². The molecule has 1 saturated heterocycles. The van der Waals surface area contributed by atoms with Gasteiger partial charge in [0.15, 0.2) is 0 Å². The molecule has 0 bridgehead atoms. The Morgan fingerprint density at radius 2 is 1.88 bits per heavy atom. The number of hydrogen-bond donors (Lipinski definition) is 3. The molecule has 3 aromatic rings. The van der Waals surface area contributed by atoms with Crippen molar-refractivity contribution in [2.45, 2.75) is 12.3 Å². The van der Waals surface area contributed by atoms with Crippen LogP contribution in [0.2, 0.25) is 0 Å². The Labute approximate surface area is 231 Å². The van der Waals surface area contributed by atoms with Crippen LogP contribution in [-0.4, -0.2) is 61.0 Å². The lowest BCUT2D eigenvalue weighted by molar-refractivity contribution is -0.137. The molecular weight excluding hydrogens is 546 g/mol. The number of carbonyl (C=O) groups excluding carboxylic acids is 1. The number of para-hydroxylation sites is 1. The summed E-state index contributed by atoms with van der Waals surface area (Å²) in [4.78, 5) is 26.8. The van der Waals surface area contributed by atoms with Crippen LogP contribution in [0.3, 0.4) is 0 Å². The fourth-order valence-electron chi connectivity index (χ4n) is 4.33. The van der Waals surface area contributed by atoms with E-state index in [9.17, 15) is 22.4 Å². The van der Waals surface area contributed by atoms with Gasteiger partial charge in [0.1, 0.15) is 11.5 Å². The molecule has 1 amide bonds. The van der Waals surface area contributed by atoms with Crippen LogP contribution in [0.25, 0.3) is 0 Å². The predicted molar refractivity (Wildman–Crippen MR) is 143 cm³/mol. The largest absolute Gasteiger partial charge is 0.417 e. The van der Waals surface area contributed by atoms with Gasteiger partial charge in [-0.25, -0.2) is 14.4 Å². The van der Waals surface area contributed by atoms with E-state index in [1.807, 2.05) is 0 Å². The Balaban J connectivity index is 1.47. The molecule has 1 aromatic heterocycles. The second kappa shape index (κ2) is 11.3. The summed E-state index contributed by atoms with van der Waals surface area (Å²) < 4.78 is 65.5. The molecule has 5 rings (SSSR count). The topological polar surface area (TPSA) is 138 Å². The lowest BCUT2D eigenvalue weighted by Crippen LogP contribution is -2.38. The van der Waals surface area contributed by atoms with Crippen molar-refractivity contribution < 1.29 is 31.8 Å². The molecule has 2 aliphatic heterocycles. The van der Waals surface area contributed by atoms with Gasteiger partial charge in [0.25, 0.3) is 11.9 Å². The van der Waals surface area contributed by atoms with Gasteiger partial charge >= 0.3 is 6.18 Å². The molecule has 1 atom stereocenters. The second-order valence-electron chi connectivity index (χ2n) is 8.96. The number of morpholine rings is 1. The maximum atomic E-state index is 14.7. The van der Waals surface area contributed by atoms with Crippen LogP contribution in [0.4, 0.5) is 28.9 Å². The number of anilines is 2. The fraction of sp³-hybridized carbons (Fsp3) is 0.222. The zero-order chi connectivity index (χ0) is 29.1. The molecule has 2 aliphatic rings. The number of halogens is 4. The van der Waals surface area contributed by atoms with E-state index in [4.69, 9.17) is 20.6 Å². The van der Waals surface area contributed by atoms with Gasteiger partial charge in [-0.15, -0.1) is 0 Å². The Morgan fingerprint density at radius 1 is 1.15 bits per heavy atom. The molecule has 0 saturated carbocycles. The molecule has 0 aliphatic carbocycles. The zero-order valence-corrected chi connectivity index (χ0v) is 21.3. The number of amides is 1. The minimum Gasteiger partial charge on any atom is -0.405 e. The smallest absolute Gasteiger partial charge is 0.405 e. The number of ether oxygens (including phenoxy) is 2. The molecule has 212 valence electrons. The molecule has 3 heterocycles. The average molecular weight is 570 g/mol. The highest BCUT2D eigenvalue weighted by Gasteiger charge is 2.34. The SMILES string of the molecule is N=C(OC(N)=N[C@@H]1N=C(c2ccccc2)c2cccc(F)c2NC1=O)c1ncc(C(F)(F)F)cc1N1CCOCC1. The number of aliphatic imine (C=N–C) groups is 2. The number of alkyl halides is 3. The number of aromatic nitrogens is 1. The summed E-state index contributed by atoms with van der Waals surface area (Å²) in [5.41, 5.74) is 5.78. The molecule has 10 nitrogen and oxygen atoms in total. The third-order valence-corrected chi connectivity index (χ3v) is 6.27. The van der Waals surface area contributed by atoms with E-state index in [1.54, 1.807) is 41.3 Å². The quantitative estimate of drug-likeness (QED) is 0.250. The minimum absolute atomic E-state index is 0.00319. The van der Waals surface area contributed by atoms with Gasteiger partial charge in [-0.1, -0.05) is 42.5 Å². The highest BCUT2D eigenvalue weighted by Crippen LogP contribution is 2.33. The first kappa shape index (κ1) is 27.7. The molecule has 0 unspecified atom stereocenters. The van der Waals surface area contributed by atoms with E-state index < -0.39 is 41.5 Å². The maximum Gasteiger partial charge on any atom is 0.417 e. The van der Waals surface area contributed by atoms with Crippen LogP contribution in [0.1, 0.15) is 22.4 Å². The lowest BCUT2D eigenvalue weighted by Gasteiger charge is -2.30. The van der Waals surface area contributed by atoms with Crippen LogP contribution in [0.5, 0.6) is 0 Å². The molecule has 0 radical (unpaired) electrons. The van der Waals surface area contributed by atoms with Crippen LogP contribution in [0.15, 0.2) is 70.8 Å². The van der Waals surface area contributed by atoms with E-state index in [-0.39, 0.29) is 49.1 Å². The summed E-state index contributed by atoms with van der Waals surface area (Å²) in [6.45, 7) is 1.08. The van der Waals surface area contributed by atoms with Gasteiger partial charge < -0.3 is 25.4 Å². The predicted octanol–water partition coefficient (Wildman–Crippen LogP) is 3.55. The summed E-state index contributed by atoms with van der Waals surface area (Å²) in [6, 6.07) is 13.2. The molecule has 14 heteroatoms. The van der Waals surface area contributed by atoms with Crippen molar-refractivity contribution in [3.05, 3.63) is 89.0 Å². The number of fused-ring (bicyclic) bond motifs is 1. The molecule has 41 heavy (non-hydrogen) atoms. The summed E-state index contributed by atoms with van der Waals surface area (Å²) in [5.74, 6) is -2.20. The number of carbonyl (C=O) groups is 1. The number of benzene rings is 2. The number of benzodiazepines with no additional fused rings is 1. The number of pyridine rings is 1.